The van der Waals surface area contributed by atoms with Crippen molar-refractivity contribution >= 4 is 39.5 Å². The Hall–Kier alpha value is -1.27. The second kappa shape index (κ2) is 7.31. The zero-order valence-corrected chi connectivity index (χ0v) is 16.6. The number of benzene rings is 1. The Labute approximate surface area is 156 Å². The molecule has 0 bridgehead atoms. The molecule has 1 fully saturated rings. The van der Waals surface area contributed by atoms with E-state index in [9.17, 15) is 9.59 Å². The Morgan fingerprint density at radius 1 is 1.29 bits per heavy atom. The molecule has 5 nitrogen and oxygen atoms in total. The molecule has 2 amide bonds. The first-order valence-corrected chi connectivity index (χ1v) is 8.99. The molecule has 1 aliphatic rings. The van der Waals surface area contributed by atoms with Crippen LogP contribution in [0.3, 0.4) is 0 Å². The maximum absolute atomic E-state index is 12.6. The summed E-state index contributed by atoms with van der Waals surface area (Å²) >= 11 is 9.38. The first kappa shape index (κ1) is 19.1. The molecule has 1 aliphatic heterocycles. The van der Waals surface area contributed by atoms with E-state index in [0.29, 0.717) is 30.2 Å². The van der Waals surface area contributed by atoms with Crippen molar-refractivity contribution in [2.75, 3.05) is 19.6 Å². The topological polar surface area (TPSA) is 49.9 Å². The van der Waals surface area contributed by atoms with Gasteiger partial charge in [-0.2, -0.15) is 0 Å². The van der Waals surface area contributed by atoms with Gasteiger partial charge in [-0.25, -0.2) is 4.79 Å². The lowest BCUT2D eigenvalue weighted by molar-refractivity contribution is 0.00198. The number of rotatable bonds is 1. The van der Waals surface area contributed by atoms with E-state index in [1.165, 1.54) is 0 Å². The van der Waals surface area contributed by atoms with E-state index in [1.807, 2.05) is 27.7 Å². The van der Waals surface area contributed by atoms with Crippen LogP contribution in [0.1, 0.15) is 38.1 Å². The molecule has 0 spiro atoms. The summed E-state index contributed by atoms with van der Waals surface area (Å²) in [6.07, 6.45) is -0.339. The normalized spacial score (nSPS) is 18.5. The molecule has 1 aromatic rings. The molecular weight excluding hydrogens is 396 g/mol. The maximum Gasteiger partial charge on any atom is 0.410 e. The van der Waals surface area contributed by atoms with Gasteiger partial charge in [0, 0.05) is 35.7 Å². The third kappa shape index (κ3) is 4.63. The summed E-state index contributed by atoms with van der Waals surface area (Å²) in [5.74, 6) is -0.0833. The molecular formula is C17H22BrClN2O3. The van der Waals surface area contributed by atoms with Crippen molar-refractivity contribution in [3.05, 3.63) is 33.3 Å². The highest BCUT2D eigenvalue weighted by molar-refractivity contribution is 9.10. The van der Waals surface area contributed by atoms with Gasteiger partial charge in [-0.3, -0.25) is 4.79 Å². The summed E-state index contributed by atoms with van der Waals surface area (Å²) in [7, 11) is 0. The molecule has 132 valence electrons. The quantitative estimate of drug-likeness (QED) is 0.688. The number of piperazine rings is 1. The van der Waals surface area contributed by atoms with Gasteiger partial charge < -0.3 is 14.5 Å². The molecule has 2 rings (SSSR count). The van der Waals surface area contributed by atoms with Crippen LogP contribution >= 0.6 is 27.5 Å². The van der Waals surface area contributed by atoms with Gasteiger partial charge in [0.1, 0.15) is 5.60 Å². The number of halogens is 2. The number of hydrogen-bond donors (Lipinski definition) is 0. The van der Waals surface area contributed by atoms with Crippen LogP contribution < -0.4 is 0 Å². The second-order valence-electron chi connectivity index (χ2n) is 6.90. The molecule has 1 saturated heterocycles. The lowest BCUT2D eigenvalue weighted by Crippen LogP contribution is -2.56. The van der Waals surface area contributed by atoms with Crippen molar-refractivity contribution in [3.63, 3.8) is 0 Å². The van der Waals surface area contributed by atoms with Crippen LogP contribution in [0, 0.1) is 0 Å². The van der Waals surface area contributed by atoms with Gasteiger partial charge >= 0.3 is 6.09 Å². The molecule has 0 aliphatic carbocycles. The van der Waals surface area contributed by atoms with Crippen LogP contribution in [0.25, 0.3) is 0 Å². The van der Waals surface area contributed by atoms with Crippen LogP contribution in [0.4, 0.5) is 4.79 Å². The summed E-state index contributed by atoms with van der Waals surface area (Å²) in [6.45, 7) is 8.82. The SMILES string of the molecule is C[C@H]1CN(C(=O)c2ccc(Br)c(Cl)c2)CCN1C(=O)OC(C)(C)C. The van der Waals surface area contributed by atoms with Gasteiger partial charge in [0.2, 0.25) is 0 Å². The van der Waals surface area contributed by atoms with Gasteiger partial charge in [-0.05, 0) is 61.8 Å². The lowest BCUT2D eigenvalue weighted by atomic mass is 10.1. The first-order chi connectivity index (χ1) is 11.1. The maximum atomic E-state index is 12.6. The van der Waals surface area contributed by atoms with E-state index in [-0.39, 0.29) is 18.0 Å². The molecule has 0 unspecified atom stereocenters. The minimum absolute atomic E-state index is 0.0833. The van der Waals surface area contributed by atoms with Crippen molar-refractivity contribution in [3.8, 4) is 0 Å². The Balaban J connectivity index is 2.03. The molecule has 0 saturated carbocycles. The summed E-state index contributed by atoms with van der Waals surface area (Å²) < 4.78 is 6.17. The van der Waals surface area contributed by atoms with E-state index in [0.717, 1.165) is 4.47 Å². The molecule has 1 atom stereocenters. The third-order valence-corrected chi connectivity index (χ3v) is 4.94. The summed E-state index contributed by atoms with van der Waals surface area (Å²) in [6, 6.07) is 5.04. The number of amides is 2. The molecule has 0 radical (unpaired) electrons. The number of carbonyl (C=O) groups excluding carboxylic acids is 2. The predicted molar refractivity (Wildman–Crippen MR) is 97.5 cm³/mol. The highest BCUT2D eigenvalue weighted by Gasteiger charge is 2.32. The van der Waals surface area contributed by atoms with Crippen LogP contribution in [0.2, 0.25) is 5.02 Å². The monoisotopic (exact) mass is 416 g/mol. The largest absolute Gasteiger partial charge is 0.444 e. The van der Waals surface area contributed by atoms with Gasteiger partial charge in [0.25, 0.3) is 5.91 Å². The second-order valence-corrected chi connectivity index (χ2v) is 8.16. The van der Waals surface area contributed by atoms with Gasteiger partial charge in [0.05, 0.1) is 5.02 Å². The third-order valence-electron chi connectivity index (χ3n) is 3.71. The fourth-order valence-electron chi connectivity index (χ4n) is 2.55. The molecule has 0 aromatic heterocycles. The number of nitrogens with zero attached hydrogens (tertiary/aromatic N) is 2. The minimum Gasteiger partial charge on any atom is -0.444 e. The summed E-state index contributed by atoms with van der Waals surface area (Å²) in [5, 5.41) is 0.501. The van der Waals surface area contributed by atoms with Gasteiger partial charge in [-0.1, -0.05) is 11.6 Å². The van der Waals surface area contributed by atoms with Gasteiger partial charge in [0.15, 0.2) is 0 Å². The fourth-order valence-corrected chi connectivity index (χ4v) is 2.97. The van der Waals surface area contributed by atoms with Crippen LogP contribution in [0.5, 0.6) is 0 Å². The van der Waals surface area contributed by atoms with E-state index >= 15 is 0 Å². The van der Waals surface area contributed by atoms with Crippen molar-refractivity contribution in [1.82, 2.24) is 9.80 Å². The van der Waals surface area contributed by atoms with E-state index in [4.69, 9.17) is 16.3 Å². The number of carbonyl (C=O) groups is 2. The predicted octanol–water partition coefficient (Wildman–Crippen LogP) is 4.18. The van der Waals surface area contributed by atoms with Crippen molar-refractivity contribution in [1.29, 1.82) is 0 Å². The van der Waals surface area contributed by atoms with Crippen LogP contribution in [-0.4, -0.2) is 53.1 Å². The summed E-state index contributed by atoms with van der Waals surface area (Å²) in [4.78, 5) is 28.3. The zero-order chi connectivity index (χ0) is 18.1. The minimum atomic E-state index is -0.530. The van der Waals surface area contributed by atoms with E-state index < -0.39 is 5.60 Å². The highest BCUT2D eigenvalue weighted by atomic mass is 79.9. The average molecular weight is 418 g/mol. The highest BCUT2D eigenvalue weighted by Crippen LogP contribution is 2.24. The Morgan fingerprint density at radius 3 is 2.50 bits per heavy atom. The molecule has 1 heterocycles. The smallest absolute Gasteiger partial charge is 0.410 e. The molecule has 24 heavy (non-hydrogen) atoms. The number of ether oxygens (including phenoxy) is 1. The van der Waals surface area contributed by atoms with E-state index in [1.54, 1.807) is 28.0 Å². The average Bonchev–Trinajstić information content (AvgIpc) is 2.47. The summed E-state index contributed by atoms with van der Waals surface area (Å²) in [5.41, 5.74) is 0.0129. The number of hydrogen-bond acceptors (Lipinski definition) is 3. The Morgan fingerprint density at radius 2 is 1.96 bits per heavy atom. The van der Waals surface area contributed by atoms with Crippen LogP contribution in [-0.2, 0) is 4.74 Å². The standard InChI is InChI=1S/C17H22BrClN2O3/c1-11-10-20(7-8-21(11)16(23)24-17(2,3)4)15(22)12-5-6-13(18)14(19)9-12/h5-6,9,11H,7-8,10H2,1-4H3/t11-/m0/s1. The van der Waals surface area contributed by atoms with Crippen molar-refractivity contribution in [2.24, 2.45) is 0 Å². The van der Waals surface area contributed by atoms with E-state index in [2.05, 4.69) is 15.9 Å². The Kier molecular flexibility index (Phi) is 5.81. The lowest BCUT2D eigenvalue weighted by Gasteiger charge is -2.40. The fraction of sp³-hybridized carbons (Fsp3) is 0.529. The molecule has 1 aromatic carbocycles. The molecule has 7 heteroatoms. The van der Waals surface area contributed by atoms with Gasteiger partial charge in [-0.15, -0.1) is 0 Å². The Bertz CT molecular complexity index is 645. The first-order valence-electron chi connectivity index (χ1n) is 7.82. The van der Waals surface area contributed by atoms with Crippen molar-refractivity contribution < 1.29 is 14.3 Å². The van der Waals surface area contributed by atoms with Crippen LogP contribution in [0.15, 0.2) is 22.7 Å². The van der Waals surface area contributed by atoms with Crippen molar-refractivity contribution in [2.45, 2.75) is 39.3 Å². The molecule has 0 N–H and O–H groups in total. The zero-order valence-electron chi connectivity index (χ0n) is 14.3.